The van der Waals surface area contributed by atoms with Crippen molar-refractivity contribution in [3.05, 3.63) is 130 Å². The Kier molecular flexibility index (Phi) is 11.4. The first-order valence-electron chi connectivity index (χ1n) is 15.0. The van der Waals surface area contributed by atoms with Crippen molar-refractivity contribution >= 4 is 39.1 Å². The van der Waals surface area contributed by atoms with E-state index in [0.29, 0.717) is 11.6 Å². The summed E-state index contributed by atoms with van der Waals surface area (Å²) in [6, 6.07) is 29.1. The summed E-state index contributed by atoms with van der Waals surface area (Å²) in [6.07, 6.45) is 0.258. The molecule has 7 nitrogen and oxygen atoms in total. The van der Waals surface area contributed by atoms with Gasteiger partial charge in [0.05, 0.1) is 10.6 Å². The predicted molar refractivity (Wildman–Crippen MR) is 181 cm³/mol. The van der Waals surface area contributed by atoms with Crippen LogP contribution in [-0.4, -0.2) is 44.3 Å². The van der Waals surface area contributed by atoms with E-state index >= 15 is 0 Å². The lowest BCUT2D eigenvalue weighted by molar-refractivity contribution is -0.140. The number of nitrogens with zero attached hydrogens (tertiary/aromatic N) is 2. The molecule has 0 saturated carbocycles. The minimum atomic E-state index is -4.18. The predicted octanol–water partition coefficient (Wildman–Crippen LogP) is 6.56. The smallest absolute Gasteiger partial charge is 0.264 e. The van der Waals surface area contributed by atoms with Crippen molar-refractivity contribution in [1.82, 2.24) is 10.2 Å². The lowest BCUT2D eigenvalue weighted by Gasteiger charge is -2.34. The molecule has 0 aliphatic carbocycles. The molecule has 4 aromatic carbocycles. The van der Waals surface area contributed by atoms with Gasteiger partial charge in [0.2, 0.25) is 11.8 Å². The standard InChI is InChI=1S/C36H40ClN3O4S/c1-26(2)23-38-36(42)34(22-29-11-6-5-7-12-29)39(24-30-13-9-8-10-28(30)4)35(41)25-40(32-18-16-31(37)17-19-32)45(43,44)33-20-14-27(3)15-21-33/h5-21,26,34H,22-25H2,1-4H3,(H,38,42). The van der Waals surface area contributed by atoms with Crippen molar-refractivity contribution in [2.24, 2.45) is 5.92 Å². The van der Waals surface area contributed by atoms with Crippen molar-refractivity contribution in [2.45, 2.75) is 51.6 Å². The van der Waals surface area contributed by atoms with Gasteiger partial charge in [-0.2, -0.15) is 0 Å². The monoisotopic (exact) mass is 645 g/mol. The van der Waals surface area contributed by atoms with E-state index in [-0.39, 0.29) is 35.4 Å². The summed E-state index contributed by atoms with van der Waals surface area (Å²) in [5.74, 6) is -0.606. The first kappa shape index (κ1) is 33.7. The van der Waals surface area contributed by atoms with Crippen LogP contribution in [0.5, 0.6) is 0 Å². The average Bonchev–Trinajstić information content (AvgIpc) is 3.02. The number of carbonyl (C=O) groups excluding carboxylic acids is 2. The van der Waals surface area contributed by atoms with Crippen LogP contribution in [0.1, 0.15) is 36.1 Å². The fourth-order valence-electron chi connectivity index (χ4n) is 4.92. The van der Waals surface area contributed by atoms with Crippen LogP contribution >= 0.6 is 11.6 Å². The third-order valence-corrected chi connectivity index (χ3v) is 9.60. The van der Waals surface area contributed by atoms with Crippen LogP contribution in [0.15, 0.2) is 108 Å². The zero-order valence-corrected chi connectivity index (χ0v) is 27.7. The molecule has 236 valence electrons. The van der Waals surface area contributed by atoms with Gasteiger partial charge in [-0.05, 0) is 72.9 Å². The van der Waals surface area contributed by atoms with E-state index in [1.807, 2.05) is 82.3 Å². The van der Waals surface area contributed by atoms with E-state index in [0.717, 1.165) is 26.6 Å². The molecule has 4 rings (SSSR count). The number of anilines is 1. The highest BCUT2D eigenvalue weighted by Gasteiger charge is 2.34. The molecule has 0 aromatic heterocycles. The van der Waals surface area contributed by atoms with Gasteiger partial charge in [-0.1, -0.05) is 97.7 Å². The molecule has 2 amide bonds. The molecule has 4 aromatic rings. The molecule has 0 heterocycles. The Morgan fingerprint density at radius 3 is 2.07 bits per heavy atom. The van der Waals surface area contributed by atoms with Gasteiger partial charge in [-0.25, -0.2) is 8.42 Å². The van der Waals surface area contributed by atoms with Gasteiger partial charge in [0.15, 0.2) is 0 Å². The van der Waals surface area contributed by atoms with Gasteiger partial charge in [-0.3, -0.25) is 13.9 Å². The fourth-order valence-corrected chi connectivity index (χ4v) is 6.46. The molecular weight excluding hydrogens is 606 g/mol. The molecule has 0 fully saturated rings. The third kappa shape index (κ3) is 8.96. The van der Waals surface area contributed by atoms with E-state index in [1.54, 1.807) is 36.4 Å². The maximum atomic E-state index is 14.5. The van der Waals surface area contributed by atoms with E-state index in [2.05, 4.69) is 5.32 Å². The first-order chi connectivity index (χ1) is 21.5. The highest BCUT2D eigenvalue weighted by molar-refractivity contribution is 7.92. The second-order valence-corrected chi connectivity index (χ2v) is 13.9. The van der Waals surface area contributed by atoms with Crippen LogP contribution in [-0.2, 0) is 32.6 Å². The maximum absolute atomic E-state index is 14.5. The first-order valence-corrected chi connectivity index (χ1v) is 16.8. The number of hydrogen-bond donors (Lipinski definition) is 1. The largest absolute Gasteiger partial charge is 0.354 e. The van der Waals surface area contributed by atoms with Crippen molar-refractivity contribution < 1.29 is 18.0 Å². The number of halogens is 1. The minimum absolute atomic E-state index is 0.0526. The molecule has 1 atom stereocenters. The molecule has 0 spiro atoms. The van der Waals surface area contributed by atoms with Gasteiger partial charge in [0.25, 0.3) is 10.0 Å². The topological polar surface area (TPSA) is 86.8 Å². The summed E-state index contributed by atoms with van der Waals surface area (Å²) < 4.78 is 29.3. The fraction of sp³-hybridized carbons (Fsp3) is 0.278. The molecule has 1 N–H and O–H groups in total. The number of hydrogen-bond acceptors (Lipinski definition) is 4. The summed E-state index contributed by atoms with van der Waals surface area (Å²) in [7, 11) is -4.18. The van der Waals surface area contributed by atoms with Crippen molar-refractivity contribution in [1.29, 1.82) is 0 Å². The Morgan fingerprint density at radius 2 is 1.44 bits per heavy atom. The van der Waals surface area contributed by atoms with Crippen molar-refractivity contribution in [2.75, 3.05) is 17.4 Å². The molecule has 45 heavy (non-hydrogen) atoms. The Hall–Kier alpha value is -4.14. The summed E-state index contributed by atoms with van der Waals surface area (Å²) in [4.78, 5) is 30.0. The highest BCUT2D eigenvalue weighted by atomic mass is 35.5. The molecule has 0 radical (unpaired) electrons. The molecule has 0 bridgehead atoms. The molecule has 9 heteroatoms. The van der Waals surface area contributed by atoms with Crippen LogP contribution in [0.3, 0.4) is 0 Å². The third-order valence-electron chi connectivity index (χ3n) is 7.56. The highest BCUT2D eigenvalue weighted by Crippen LogP contribution is 2.27. The Morgan fingerprint density at radius 1 is 0.822 bits per heavy atom. The number of sulfonamides is 1. The van der Waals surface area contributed by atoms with Gasteiger partial charge < -0.3 is 10.2 Å². The number of rotatable bonds is 13. The van der Waals surface area contributed by atoms with E-state index in [9.17, 15) is 18.0 Å². The normalized spacial score (nSPS) is 12.0. The second kappa shape index (κ2) is 15.2. The van der Waals surface area contributed by atoms with Gasteiger partial charge in [0.1, 0.15) is 12.6 Å². The Bertz CT molecular complexity index is 1690. The number of benzene rings is 4. The quantitative estimate of drug-likeness (QED) is 0.178. The van der Waals surface area contributed by atoms with E-state index < -0.39 is 28.5 Å². The van der Waals surface area contributed by atoms with Gasteiger partial charge >= 0.3 is 0 Å². The van der Waals surface area contributed by atoms with Crippen LogP contribution in [0.25, 0.3) is 0 Å². The molecule has 0 aliphatic heterocycles. The number of carbonyl (C=O) groups is 2. The summed E-state index contributed by atoms with van der Waals surface area (Å²) in [6.45, 7) is 7.87. The number of aryl methyl sites for hydroxylation is 2. The minimum Gasteiger partial charge on any atom is -0.354 e. The molecule has 0 saturated heterocycles. The maximum Gasteiger partial charge on any atom is 0.264 e. The Labute approximate surface area is 271 Å². The lowest BCUT2D eigenvalue weighted by Crippen LogP contribution is -2.53. The van der Waals surface area contributed by atoms with Gasteiger partial charge in [0, 0.05) is 24.5 Å². The van der Waals surface area contributed by atoms with Crippen LogP contribution in [0.2, 0.25) is 5.02 Å². The summed E-state index contributed by atoms with van der Waals surface area (Å²) >= 11 is 6.14. The Balaban J connectivity index is 1.80. The zero-order chi connectivity index (χ0) is 32.6. The van der Waals surface area contributed by atoms with E-state index in [4.69, 9.17) is 11.6 Å². The average molecular weight is 646 g/mol. The molecule has 1 unspecified atom stereocenters. The summed E-state index contributed by atoms with van der Waals surface area (Å²) in [5, 5.41) is 3.45. The van der Waals surface area contributed by atoms with Crippen molar-refractivity contribution in [3.63, 3.8) is 0 Å². The van der Waals surface area contributed by atoms with Crippen LogP contribution in [0.4, 0.5) is 5.69 Å². The lowest BCUT2D eigenvalue weighted by atomic mass is 10.0. The van der Waals surface area contributed by atoms with Crippen LogP contribution < -0.4 is 9.62 Å². The van der Waals surface area contributed by atoms with E-state index in [1.165, 1.54) is 17.0 Å². The summed E-state index contributed by atoms with van der Waals surface area (Å²) in [5.41, 5.74) is 3.89. The molecular formula is C36H40ClN3O4S. The second-order valence-electron chi connectivity index (χ2n) is 11.6. The zero-order valence-electron chi connectivity index (χ0n) is 26.1. The SMILES string of the molecule is Cc1ccc(S(=O)(=O)N(CC(=O)N(Cc2ccccc2C)C(Cc2ccccc2)C(=O)NCC(C)C)c2ccc(Cl)cc2)cc1. The number of nitrogens with one attached hydrogen (secondary N) is 1. The molecule has 0 aliphatic rings. The van der Waals surface area contributed by atoms with Crippen LogP contribution in [0, 0.1) is 19.8 Å². The van der Waals surface area contributed by atoms with Crippen molar-refractivity contribution in [3.8, 4) is 0 Å². The van der Waals surface area contributed by atoms with Gasteiger partial charge in [-0.15, -0.1) is 0 Å². The number of amides is 2.